The molecule has 0 fully saturated rings. The Morgan fingerprint density at radius 2 is 0.864 bits per heavy atom. The molecule has 0 unspecified atom stereocenters. The monoisotopic (exact) mass is 845 g/mol. The highest BCUT2D eigenvalue weighted by molar-refractivity contribution is 6.09. The van der Waals surface area contributed by atoms with Crippen molar-refractivity contribution in [3.8, 4) is 73.2 Å². The van der Waals surface area contributed by atoms with Crippen molar-refractivity contribution in [1.82, 2.24) is 24.1 Å². The topological polar surface area (TPSA) is 61.7 Å². The number of imidazole rings is 1. The van der Waals surface area contributed by atoms with E-state index in [1.807, 2.05) is 18.2 Å². The molecule has 6 heteroatoms. The molecular weight excluding hydrogens is 807 g/mol. The Morgan fingerprint density at radius 3 is 1.55 bits per heavy atom. The van der Waals surface area contributed by atoms with E-state index in [9.17, 15) is 0 Å². The summed E-state index contributed by atoms with van der Waals surface area (Å²) in [5.41, 5.74) is 17.5. The van der Waals surface area contributed by atoms with E-state index >= 15 is 0 Å². The van der Waals surface area contributed by atoms with Crippen LogP contribution in [0, 0.1) is 0 Å². The fourth-order valence-corrected chi connectivity index (χ4v) is 9.62. The lowest BCUT2D eigenvalue weighted by atomic mass is 10.00. The van der Waals surface area contributed by atoms with Gasteiger partial charge in [-0.3, -0.25) is 0 Å². The maximum Gasteiger partial charge on any atom is 0.160 e. The van der Waals surface area contributed by atoms with Crippen molar-refractivity contribution < 1.29 is 4.42 Å². The third-order valence-electron chi connectivity index (χ3n) is 13.0. The normalized spacial score (nSPS) is 11.7. The zero-order valence-corrected chi connectivity index (χ0v) is 35.9. The van der Waals surface area contributed by atoms with Gasteiger partial charge < -0.3 is 13.6 Å². The smallest absolute Gasteiger partial charge is 0.160 e. The molecule has 0 bridgehead atoms. The first-order valence-electron chi connectivity index (χ1n) is 22.2. The van der Waals surface area contributed by atoms with Crippen LogP contribution in [0.2, 0.25) is 0 Å². The zero-order chi connectivity index (χ0) is 43.7. The second-order valence-electron chi connectivity index (χ2n) is 16.9. The molecule has 0 spiro atoms. The van der Waals surface area contributed by atoms with Crippen LogP contribution < -0.4 is 0 Å². The van der Waals surface area contributed by atoms with Gasteiger partial charge in [0.15, 0.2) is 5.82 Å². The molecule has 0 atom stereocenters. The van der Waals surface area contributed by atoms with Crippen LogP contribution in [0.4, 0.5) is 0 Å². The highest BCUT2D eigenvalue weighted by Gasteiger charge is 2.16. The average molecular weight is 846 g/mol. The van der Waals surface area contributed by atoms with E-state index < -0.39 is 0 Å². The zero-order valence-electron chi connectivity index (χ0n) is 35.9. The highest BCUT2D eigenvalue weighted by atomic mass is 16.3. The first-order valence-corrected chi connectivity index (χ1v) is 22.2. The Morgan fingerprint density at radius 1 is 0.348 bits per heavy atom. The van der Waals surface area contributed by atoms with Crippen LogP contribution in [-0.2, 0) is 7.05 Å². The molecule has 4 aromatic heterocycles. The Hall–Kier alpha value is -8.87. The van der Waals surface area contributed by atoms with Gasteiger partial charge >= 0.3 is 0 Å². The third kappa shape index (κ3) is 6.30. The summed E-state index contributed by atoms with van der Waals surface area (Å²) in [5.74, 6) is 1.61. The van der Waals surface area contributed by atoms with Crippen molar-refractivity contribution in [3.05, 3.63) is 218 Å². The minimum absolute atomic E-state index is 0.663. The Balaban J connectivity index is 0.880. The van der Waals surface area contributed by atoms with Gasteiger partial charge in [-0.05, 0) is 82.9 Å². The summed E-state index contributed by atoms with van der Waals surface area (Å²) in [7, 11) is 2.08. The van der Waals surface area contributed by atoms with E-state index in [1.165, 1.54) is 21.8 Å². The minimum Gasteiger partial charge on any atom is -0.456 e. The third-order valence-corrected chi connectivity index (χ3v) is 13.0. The molecule has 0 N–H and O–H groups in total. The van der Waals surface area contributed by atoms with Crippen molar-refractivity contribution in [2.45, 2.75) is 0 Å². The standard InChI is InChI=1S/C60H39N5O/c1-64-56-36-45(29-33-51(56)63-60(64)43-11-3-2-4-12-43)39-21-25-42(26-22-39)59-61-52(40-23-19-38(20-24-40)44-30-34-58-50(35-44)49-15-7-10-18-57(49)66-58)37-53(62-59)41-27-31-46(32-28-41)65-54-16-8-5-13-47(54)48-14-6-9-17-55(48)65/h2-37H,1H3. The minimum atomic E-state index is 0.663. The first-order chi connectivity index (χ1) is 32.6. The van der Waals surface area contributed by atoms with Crippen LogP contribution in [0.3, 0.4) is 0 Å². The number of aromatic nitrogens is 5. The summed E-state index contributed by atoms with van der Waals surface area (Å²) in [6.07, 6.45) is 0. The van der Waals surface area contributed by atoms with E-state index in [-0.39, 0.29) is 0 Å². The Bertz CT molecular complexity index is 3920. The molecule has 0 aliphatic rings. The average Bonchev–Trinajstić information content (AvgIpc) is 4.05. The van der Waals surface area contributed by atoms with Crippen molar-refractivity contribution in [2.24, 2.45) is 7.05 Å². The quantitative estimate of drug-likeness (QED) is 0.160. The van der Waals surface area contributed by atoms with E-state index in [0.29, 0.717) is 5.82 Å². The molecule has 0 radical (unpaired) electrons. The number of hydrogen-bond acceptors (Lipinski definition) is 4. The number of aryl methyl sites for hydroxylation is 1. The maximum absolute atomic E-state index is 6.12. The number of furan rings is 1. The van der Waals surface area contributed by atoms with E-state index in [0.717, 1.165) is 100 Å². The van der Waals surface area contributed by atoms with Crippen molar-refractivity contribution in [1.29, 1.82) is 0 Å². The lowest BCUT2D eigenvalue weighted by Crippen LogP contribution is -1.97. The van der Waals surface area contributed by atoms with E-state index in [1.54, 1.807) is 0 Å². The molecule has 66 heavy (non-hydrogen) atoms. The van der Waals surface area contributed by atoms with Crippen LogP contribution >= 0.6 is 0 Å². The fraction of sp³-hybridized carbons (Fsp3) is 0.0167. The van der Waals surface area contributed by atoms with Gasteiger partial charge in [-0.25, -0.2) is 15.0 Å². The molecular formula is C60H39N5O. The van der Waals surface area contributed by atoms with Gasteiger partial charge in [0.1, 0.15) is 17.0 Å². The molecule has 310 valence electrons. The Kier molecular flexibility index (Phi) is 8.64. The van der Waals surface area contributed by atoms with Crippen LogP contribution in [0.25, 0.3) is 128 Å². The molecule has 0 aliphatic heterocycles. The summed E-state index contributed by atoms with van der Waals surface area (Å²) in [6.45, 7) is 0. The van der Waals surface area contributed by atoms with Crippen molar-refractivity contribution >= 4 is 54.8 Å². The summed E-state index contributed by atoms with van der Waals surface area (Å²) >= 11 is 0. The number of nitrogens with zero attached hydrogens (tertiary/aromatic N) is 5. The van der Waals surface area contributed by atoms with Gasteiger partial charge in [0.25, 0.3) is 0 Å². The maximum atomic E-state index is 6.12. The molecule has 0 amide bonds. The van der Waals surface area contributed by atoms with Crippen molar-refractivity contribution in [3.63, 3.8) is 0 Å². The van der Waals surface area contributed by atoms with Crippen LogP contribution in [0.1, 0.15) is 0 Å². The molecule has 4 heterocycles. The molecule has 9 aromatic carbocycles. The predicted octanol–water partition coefficient (Wildman–Crippen LogP) is 15.4. The van der Waals surface area contributed by atoms with Crippen LogP contribution in [0.5, 0.6) is 0 Å². The van der Waals surface area contributed by atoms with Gasteiger partial charge in [0, 0.05) is 56.5 Å². The Labute approximate surface area is 380 Å². The number of hydrogen-bond donors (Lipinski definition) is 0. The second kappa shape index (κ2) is 15.1. The first kappa shape index (κ1) is 37.7. The fourth-order valence-electron chi connectivity index (χ4n) is 9.62. The number of rotatable bonds is 7. The molecule has 13 aromatic rings. The second-order valence-corrected chi connectivity index (χ2v) is 16.9. The summed E-state index contributed by atoms with van der Waals surface area (Å²) in [5, 5.41) is 4.71. The molecule has 13 rings (SSSR count). The molecule has 6 nitrogen and oxygen atoms in total. The number of benzene rings is 9. The van der Waals surface area contributed by atoms with Crippen LogP contribution in [-0.4, -0.2) is 24.1 Å². The van der Waals surface area contributed by atoms with Gasteiger partial charge in [-0.2, -0.15) is 0 Å². The summed E-state index contributed by atoms with van der Waals surface area (Å²) in [4.78, 5) is 15.5. The molecule has 0 saturated carbocycles. The number of fused-ring (bicyclic) bond motifs is 7. The van der Waals surface area contributed by atoms with Gasteiger partial charge in [-0.15, -0.1) is 0 Å². The van der Waals surface area contributed by atoms with Gasteiger partial charge in [-0.1, -0.05) is 158 Å². The van der Waals surface area contributed by atoms with Gasteiger partial charge in [0.05, 0.1) is 33.5 Å². The molecule has 0 aliphatic carbocycles. The lowest BCUT2D eigenvalue weighted by molar-refractivity contribution is 0.669. The summed E-state index contributed by atoms with van der Waals surface area (Å²) in [6, 6.07) is 76.8. The predicted molar refractivity (Wildman–Crippen MR) is 271 cm³/mol. The molecule has 0 saturated heterocycles. The van der Waals surface area contributed by atoms with Gasteiger partial charge in [0.2, 0.25) is 0 Å². The SMILES string of the molecule is Cn1c(-c2ccccc2)nc2ccc(-c3ccc(-c4nc(-c5ccc(-c6ccc7oc8ccccc8c7c6)cc5)cc(-c5ccc(-n6c7ccccc7c7ccccc76)cc5)n4)cc3)cc21. The van der Waals surface area contributed by atoms with E-state index in [4.69, 9.17) is 19.4 Å². The lowest BCUT2D eigenvalue weighted by Gasteiger charge is -2.12. The van der Waals surface area contributed by atoms with Crippen molar-refractivity contribution in [2.75, 3.05) is 0 Å². The summed E-state index contributed by atoms with van der Waals surface area (Å²) < 4.78 is 10.6. The van der Waals surface area contributed by atoms with E-state index in [2.05, 4.69) is 216 Å². The highest BCUT2D eigenvalue weighted by Crippen LogP contribution is 2.37. The largest absolute Gasteiger partial charge is 0.456 e. The van der Waals surface area contributed by atoms with Crippen LogP contribution in [0.15, 0.2) is 223 Å². The number of para-hydroxylation sites is 3.